The van der Waals surface area contributed by atoms with Crippen LogP contribution in [0.1, 0.15) is 11.1 Å². The van der Waals surface area contributed by atoms with E-state index in [0.29, 0.717) is 22.5 Å². The van der Waals surface area contributed by atoms with Crippen LogP contribution in [-0.4, -0.2) is 13.9 Å². The molecule has 0 amide bonds. The average Bonchev–Trinajstić information content (AvgIpc) is 3.00. The van der Waals surface area contributed by atoms with Crippen LogP contribution in [0.2, 0.25) is 0 Å². The van der Waals surface area contributed by atoms with Crippen molar-refractivity contribution in [2.45, 2.75) is 6.54 Å². The normalized spacial score (nSPS) is 10.5. The zero-order valence-corrected chi connectivity index (χ0v) is 14.9. The summed E-state index contributed by atoms with van der Waals surface area (Å²) in [4.78, 5) is 26.4. The second-order valence-electron chi connectivity index (χ2n) is 6.26. The van der Waals surface area contributed by atoms with E-state index in [1.54, 1.807) is 48.5 Å². The molecule has 0 aliphatic rings. The van der Waals surface area contributed by atoms with Crippen LogP contribution in [0.25, 0.3) is 11.4 Å². The summed E-state index contributed by atoms with van der Waals surface area (Å²) in [5.74, 6) is 0. The quantitative estimate of drug-likeness (QED) is 0.556. The summed E-state index contributed by atoms with van der Waals surface area (Å²) >= 11 is 0. The summed E-state index contributed by atoms with van der Waals surface area (Å²) in [5, 5.41) is 9.09. The first kappa shape index (κ1) is 17.3. The Kier molecular flexibility index (Phi) is 4.48. The second-order valence-corrected chi connectivity index (χ2v) is 6.26. The summed E-state index contributed by atoms with van der Waals surface area (Å²) in [6.07, 6.45) is 0. The van der Waals surface area contributed by atoms with Gasteiger partial charge >= 0.3 is 11.4 Å². The average molecular weight is 368 g/mol. The molecular weight excluding hydrogens is 352 g/mol. The molecular formula is C22H16N4O2. The number of rotatable bonds is 4. The van der Waals surface area contributed by atoms with Gasteiger partial charge in [0.25, 0.3) is 0 Å². The molecule has 6 nitrogen and oxygen atoms in total. The van der Waals surface area contributed by atoms with Crippen LogP contribution in [0.15, 0.2) is 94.5 Å². The lowest BCUT2D eigenvalue weighted by molar-refractivity contribution is 0.706. The van der Waals surface area contributed by atoms with E-state index in [2.05, 4.69) is 6.07 Å². The minimum Gasteiger partial charge on any atom is -0.245 e. The maximum Gasteiger partial charge on any atom is 0.352 e. The Morgan fingerprint density at radius 1 is 0.714 bits per heavy atom. The molecule has 4 rings (SSSR count). The van der Waals surface area contributed by atoms with Gasteiger partial charge in [0.15, 0.2) is 0 Å². The molecule has 0 bridgehead atoms. The SMILES string of the molecule is N#Cc1cccc(Cn2c(=O)n(-c3ccccc3)n(-c3ccccc3)c2=O)c1. The Hall–Kier alpha value is -4.11. The molecule has 0 saturated heterocycles. The van der Waals surface area contributed by atoms with Gasteiger partial charge in [-0.15, -0.1) is 0 Å². The lowest BCUT2D eigenvalue weighted by Gasteiger charge is -2.08. The monoisotopic (exact) mass is 368 g/mol. The Morgan fingerprint density at radius 3 is 1.75 bits per heavy atom. The Morgan fingerprint density at radius 2 is 1.25 bits per heavy atom. The minimum atomic E-state index is -0.442. The molecule has 0 aliphatic carbocycles. The molecule has 6 heteroatoms. The van der Waals surface area contributed by atoms with Gasteiger partial charge in [0, 0.05) is 0 Å². The van der Waals surface area contributed by atoms with Gasteiger partial charge in [-0.25, -0.2) is 14.2 Å². The molecule has 0 atom stereocenters. The van der Waals surface area contributed by atoms with E-state index in [4.69, 9.17) is 5.26 Å². The highest BCUT2D eigenvalue weighted by Crippen LogP contribution is 2.10. The molecule has 136 valence electrons. The van der Waals surface area contributed by atoms with Gasteiger partial charge in [-0.3, -0.25) is 0 Å². The zero-order valence-electron chi connectivity index (χ0n) is 14.9. The fourth-order valence-corrected chi connectivity index (χ4v) is 3.13. The van der Waals surface area contributed by atoms with Gasteiger partial charge < -0.3 is 0 Å². The van der Waals surface area contributed by atoms with E-state index in [9.17, 15) is 9.59 Å². The summed E-state index contributed by atoms with van der Waals surface area (Å²) in [6, 6.07) is 27.0. The fourth-order valence-electron chi connectivity index (χ4n) is 3.13. The Bertz CT molecular complexity index is 1210. The van der Waals surface area contributed by atoms with Crippen LogP contribution in [-0.2, 0) is 6.54 Å². The number of hydrogen-bond donors (Lipinski definition) is 0. The highest BCUT2D eigenvalue weighted by Gasteiger charge is 2.18. The highest BCUT2D eigenvalue weighted by molar-refractivity contribution is 5.36. The molecule has 0 N–H and O–H groups in total. The summed E-state index contributed by atoms with van der Waals surface area (Å²) < 4.78 is 3.91. The van der Waals surface area contributed by atoms with Crippen LogP contribution in [0.4, 0.5) is 0 Å². The van der Waals surface area contributed by atoms with Crippen LogP contribution in [0, 0.1) is 11.3 Å². The van der Waals surface area contributed by atoms with Crippen LogP contribution >= 0.6 is 0 Å². The van der Waals surface area contributed by atoms with Gasteiger partial charge in [0.2, 0.25) is 0 Å². The van der Waals surface area contributed by atoms with E-state index in [0.717, 1.165) is 0 Å². The van der Waals surface area contributed by atoms with Crippen molar-refractivity contribution < 1.29 is 0 Å². The van der Waals surface area contributed by atoms with Crippen molar-refractivity contribution in [3.63, 3.8) is 0 Å². The largest absolute Gasteiger partial charge is 0.352 e. The molecule has 0 radical (unpaired) electrons. The van der Waals surface area contributed by atoms with Crippen molar-refractivity contribution in [1.82, 2.24) is 13.9 Å². The molecule has 0 aliphatic heterocycles. The second kappa shape index (κ2) is 7.25. The van der Waals surface area contributed by atoms with Crippen molar-refractivity contribution in [3.8, 4) is 17.4 Å². The van der Waals surface area contributed by atoms with Gasteiger partial charge in [-0.05, 0) is 42.0 Å². The number of aromatic nitrogens is 3. The first-order valence-corrected chi connectivity index (χ1v) is 8.74. The van der Waals surface area contributed by atoms with Gasteiger partial charge in [0.05, 0.1) is 29.6 Å². The third-order valence-electron chi connectivity index (χ3n) is 4.42. The molecule has 3 aromatic carbocycles. The predicted molar refractivity (Wildman–Crippen MR) is 106 cm³/mol. The van der Waals surface area contributed by atoms with E-state index >= 15 is 0 Å². The number of para-hydroxylation sites is 2. The maximum atomic E-state index is 13.2. The minimum absolute atomic E-state index is 0.0832. The maximum absolute atomic E-state index is 13.2. The number of benzene rings is 3. The summed E-state index contributed by atoms with van der Waals surface area (Å²) in [5.41, 5.74) is 1.50. The smallest absolute Gasteiger partial charge is 0.245 e. The fraction of sp³-hybridized carbons (Fsp3) is 0.0455. The van der Waals surface area contributed by atoms with Crippen molar-refractivity contribution in [2.75, 3.05) is 0 Å². The molecule has 28 heavy (non-hydrogen) atoms. The Labute approximate surface area is 160 Å². The first-order valence-electron chi connectivity index (χ1n) is 8.74. The van der Waals surface area contributed by atoms with Crippen molar-refractivity contribution in [2.24, 2.45) is 0 Å². The van der Waals surface area contributed by atoms with Crippen LogP contribution in [0.3, 0.4) is 0 Å². The highest BCUT2D eigenvalue weighted by atomic mass is 16.2. The predicted octanol–water partition coefficient (Wildman–Crippen LogP) is 2.71. The standard InChI is InChI=1S/C22H16N4O2/c23-15-17-8-7-9-18(14-17)16-24-21(27)25(19-10-3-1-4-11-19)26(22(24)28)20-12-5-2-6-13-20/h1-14H,16H2. The molecule has 1 heterocycles. The van der Waals surface area contributed by atoms with Crippen molar-refractivity contribution in [3.05, 3.63) is 117 Å². The molecule has 1 aromatic heterocycles. The van der Waals surface area contributed by atoms with Crippen molar-refractivity contribution >= 4 is 0 Å². The van der Waals surface area contributed by atoms with Gasteiger partial charge in [0.1, 0.15) is 0 Å². The third kappa shape index (κ3) is 3.06. The van der Waals surface area contributed by atoms with E-state index in [1.165, 1.54) is 13.9 Å². The summed E-state index contributed by atoms with van der Waals surface area (Å²) in [6.45, 7) is 0.0832. The third-order valence-corrected chi connectivity index (χ3v) is 4.42. The van der Waals surface area contributed by atoms with Gasteiger partial charge in [-0.1, -0.05) is 48.5 Å². The number of hydrogen-bond acceptors (Lipinski definition) is 3. The van der Waals surface area contributed by atoms with E-state index in [-0.39, 0.29) is 6.54 Å². The number of nitrogens with zero attached hydrogens (tertiary/aromatic N) is 4. The molecule has 0 fully saturated rings. The topological polar surface area (TPSA) is 72.7 Å². The summed E-state index contributed by atoms with van der Waals surface area (Å²) in [7, 11) is 0. The van der Waals surface area contributed by atoms with Gasteiger partial charge in [-0.2, -0.15) is 14.6 Å². The van der Waals surface area contributed by atoms with E-state index in [1.807, 2.05) is 36.4 Å². The van der Waals surface area contributed by atoms with E-state index < -0.39 is 11.4 Å². The molecule has 0 unspecified atom stereocenters. The number of nitriles is 1. The van der Waals surface area contributed by atoms with Crippen LogP contribution < -0.4 is 11.4 Å². The lowest BCUT2D eigenvalue weighted by Crippen LogP contribution is -2.29. The molecule has 0 saturated carbocycles. The first-order chi connectivity index (χ1) is 13.7. The van der Waals surface area contributed by atoms with Crippen molar-refractivity contribution in [1.29, 1.82) is 5.26 Å². The molecule has 4 aromatic rings. The zero-order chi connectivity index (χ0) is 19.5. The Balaban J connectivity index is 1.94. The lowest BCUT2D eigenvalue weighted by atomic mass is 10.1. The molecule has 0 spiro atoms. The van der Waals surface area contributed by atoms with Crippen LogP contribution in [0.5, 0.6) is 0 Å².